The zero-order valence-electron chi connectivity index (χ0n) is 17.5. The van der Waals surface area contributed by atoms with Crippen molar-refractivity contribution in [3.05, 3.63) is 96.6 Å². The summed E-state index contributed by atoms with van der Waals surface area (Å²) in [5, 5.41) is 0. The van der Waals surface area contributed by atoms with Crippen molar-refractivity contribution in [3.63, 3.8) is 0 Å². The molecule has 1 aromatic heterocycles. The maximum atomic E-state index is 6.28. The van der Waals surface area contributed by atoms with Gasteiger partial charge in [0.05, 0.1) is 11.4 Å². The Morgan fingerprint density at radius 1 is 1.21 bits per heavy atom. The van der Waals surface area contributed by atoms with E-state index >= 15 is 0 Å². The van der Waals surface area contributed by atoms with Crippen molar-refractivity contribution >= 4 is 6.21 Å². The third-order valence-electron chi connectivity index (χ3n) is 4.75. The van der Waals surface area contributed by atoms with E-state index in [0.717, 1.165) is 46.9 Å². The lowest BCUT2D eigenvalue weighted by molar-refractivity contribution is 0.435. The molecular weight excluding hydrogens is 356 g/mol. The molecule has 0 saturated heterocycles. The summed E-state index contributed by atoms with van der Waals surface area (Å²) in [7, 11) is 0. The Morgan fingerprint density at radius 2 is 2.03 bits per heavy atom. The van der Waals surface area contributed by atoms with Gasteiger partial charge in [-0.3, -0.25) is 9.98 Å². The number of aliphatic imine (C=N–C) groups is 1. The zero-order valence-corrected chi connectivity index (χ0v) is 17.5. The molecule has 0 fully saturated rings. The number of ether oxygens (including phenoxy) is 1. The highest BCUT2D eigenvalue weighted by molar-refractivity contribution is 5.72. The van der Waals surface area contributed by atoms with Gasteiger partial charge in [0.2, 0.25) is 0 Å². The molecule has 1 aliphatic carbocycles. The SMILES string of the molecule is C=CC=NC(=C)C1=CC(Oc2cc(-c3ccccn3)cc(C(C)(C)C)c2)=CCC1. The topological polar surface area (TPSA) is 34.5 Å². The first-order valence-electron chi connectivity index (χ1n) is 9.87. The second-order valence-electron chi connectivity index (χ2n) is 8.09. The minimum absolute atomic E-state index is 0.00145. The Morgan fingerprint density at radius 3 is 2.72 bits per heavy atom. The van der Waals surface area contributed by atoms with Crippen molar-refractivity contribution in [1.82, 2.24) is 4.98 Å². The predicted molar refractivity (Wildman–Crippen MR) is 122 cm³/mol. The van der Waals surface area contributed by atoms with Crippen LogP contribution in [0.25, 0.3) is 11.3 Å². The third kappa shape index (κ3) is 5.41. The second-order valence-corrected chi connectivity index (χ2v) is 8.09. The Hall–Kier alpha value is -3.20. The van der Waals surface area contributed by atoms with Crippen molar-refractivity contribution in [3.8, 4) is 17.0 Å². The molecule has 0 aliphatic heterocycles. The number of rotatable bonds is 6. The second kappa shape index (κ2) is 8.87. The van der Waals surface area contributed by atoms with Gasteiger partial charge >= 0.3 is 0 Å². The van der Waals surface area contributed by atoms with Crippen LogP contribution in [0.2, 0.25) is 0 Å². The van der Waals surface area contributed by atoms with E-state index < -0.39 is 0 Å². The molecule has 0 N–H and O–H groups in total. The van der Waals surface area contributed by atoms with Gasteiger partial charge in [0.15, 0.2) is 0 Å². The molecule has 0 amide bonds. The van der Waals surface area contributed by atoms with Gasteiger partial charge in [-0.2, -0.15) is 0 Å². The van der Waals surface area contributed by atoms with Crippen LogP contribution in [0.1, 0.15) is 39.2 Å². The molecule has 1 heterocycles. The number of pyridine rings is 1. The van der Waals surface area contributed by atoms with Crippen LogP contribution < -0.4 is 4.74 Å². The predicted octanol–water partition coefficient (Wildman–Crippen LogP) is 6.80. The van der Waals surface area contributed by atoms with E-state index in [-0.39, 0.29) is 5.41 Å². The molecule has 1 aliphatic rings. The first-order chi connectivity index (χ1) is 13.9. The van der Waals surface area contributed by atoms with Crippen LogP contribution in [0.15, 0.2) is 96.0 Å². The summed E-state index contributed by atoms with van der Waals surface area (Å²) in [5.41, 5.74) is 5.02. The van der Waals surface area contributed by atoms with Crippen LogP contribution in [0, 0.1) is 0 Å². The lowest BCUT2D eigenvalue weighted by Gasteiger charge is -2.22. The summed E-state index contributed by atoms with van der Waals surface area (Å²) in [5.74, 6) is 1.63. The molecule has 1 aromatic carbocycles. The maximum Gasteiger partial charge on any atom is 0.128 e. The molecule has 0 spiro atoms. The number of nitrogens with zero attached hydrogens (tertiary/aromatic N) is 2. The van der Waals surface area contributed by atoms with E-state index in [1.165, 1.54) is 5.56 Å². The van der Waals surface area contributed by atoms with Crippen LogP contribution in [0.3, 0.4) is 0 Å². The van der Waals surface area contributed by atoms with Crippen LogP contribution >= 0.6 is 0 Å². The number of benzene rings is 1. The lowest BCUT2D eigenvalue weighted by Crippen LogP contribution is -2.11. The lowest BCUT2D eigenvalue weighted by atomic mass is 9.85. The van der Waals surface area contributed by atoms with Crippen molar-refractivity contribution in [2.75, 3.05) is 0 Å². The van der Waals surface area contributed by atoms with Crippen LogP contribution in [0.5, 0.6) is 5.75 Å². The summed E-state index contributed by atoms with van der Waals surface area (Å²) in [6.45, 7) is 14.3. The Balaban J connectivity index is 1.93. The highest BCUT2D eigenvalue weighted by Gasteiger charge is 2.18. The number of hydrogen-bond acceptors (Lipinski definition) is 3. The van der Waals surface area contributed by atoms with E-state index in [0.29, 0.717) is 0 Å². The first kappa shape index (κ1) is 20.5. The Kier molecular flexibility index (Phi) is 6.28. The molecule has 0 bridgehead atoms. The highest BCUT2D eigenvalue weighted by atomic mass is 16.5. The molecule has 29 heavy (non-hydrogen) atoms. The van der Waals surface area contributed by atoms with Gasteiger partial charge < -0.3 is 4.74 Å². The minimum Gasteiger partial charge on any atom is -0.458 e. The molecule has 3 nitrogen and oxygen atoms in total. The summed E-state index contributed by atoms with van der Waals surface area (Å²) < 4.78 is 6.28. The normalized spacial score (nSPS) is 14.3. The summed E-state index contributed by atoms with van der Waals surface area (Å²) >= 11 is 0. The number of allylic oxidation sites excluding steroid dienone is 4. The van der Waals surface area contributed by atoms with Crippen LogP contribution in [0.4, 0.5) is 0 Å². The van der Waals surface area contributed by atoms with Crippen molar-refractivity contribution in [2.45, 2.75) is 39.0 Å². The van der Waals surface area contributed by atoms with E-state index in [1.54, 1.807) is 12.3 Å². The smallest absolute Gasteiger partial charge is 0.128 e. The highest BCUT2D eigenvalue weighted by Crippen LogP contribution is 2.33. The molecule has 0 unspecified atom stereocenters. The fourth-order valence-electron chi connectivity index (χ4n) is 3.11. The van der Waals surface area contributed by atoms with Gasteiger partial charge in [0, 0.05) is 18.0 Å². The average Bonchev–Trinajstić information content (AvgIpc) is 2.72. The van der Waals surface area contributed by atoms with Crippen molar-refractivity contribution in [2.24, 2.45) is 4.99 Å². The average molecular weight is 385 g/mol. The van der Waals surface area contributed by atoms with Crippen molar-refractivity contribution < 1.29 is 4.74 Å². The quantitative estimate of drug-likeness (QED) is 0.513. The fourth-order valence-corrected chi connectivity index (χ4v) is 3.11. The minimum atomic E-state index is -0.00145. The van der Waals surface area contributed by atoms with Gasteiger partial charge in [-0.1, -0.05) is 46.1 Å². The first-order valence-corrected chi connectivity index (χ1v) is 9.87. The van der Waals surface area contributed by atoms with Crippen LogP contribution in [-0.4, -0.2) is 11.2 Å². The summed E-state index contributed by atoms with van der Waals surface area (Å²) in [6.07, 6.45) is 11.1. The zero-order chi connectivity index (χ0) is 20.9. The van der Waals surface area contributed by atoms with Gasteiger partial charge in [0.1, 0.15) is 11.5 Å². The molecule has 3 rings (SSSR count). The van der Waals surface area contributed by atoms with E-state index in [9.17, 15) is 0 Å². The molecule has 0 atom stereocenters. The molecule has 3 heteroatoms. The fraction of sp³-hybridized carbons (Fsp3) is 0.231. The number of hydrogen-bond donors (Lipinski definition) is 0. The van der Waals surface area contributed by atoms with E-state index in [4.69, 9.17) is 4.74 Å². The third-order valence-corrected chi connectivity index (χ3v) is 4.75. The Bertz CT molecular complexity index is 989. The summed E-state index contributed by atoms with van der Waals surface area (Å²) in [6, 6.07) is 12.3. The van der Waals surface area contributed by atoms with Gasteiger partial charge in [-0.05, 0) is 71.9 Å². The molecule has 0 saturated carbocycles. The Labute approximate surface area is 173 Å². The van der Waals surface area contributed by atoms with Gasteiger partial charge in [0.25, 0.3) is 0 Å². The molecule has 2 aromatic rings. The van der Waals surface area contributed by atoms with Gasteiger partial charge in [-0.25, -0.2) is 0 Å². The molecular formula is C26H28N2O. The maximum absolute atomic E-state index is 6.28. The molecule has 0 radical (unpaired) electrons. The number of aromatic nitrogens is 1. The van der Waals surface area contributed by atoms with E-state index in [2.05, 4.69) is 62.1 Å². The molecule has 148 valence electrons. The van der Waals surface area contributed by atoms with Gasteiger partial charge in [-0.15, -0.1) is 0 Å². The van der Waals surface area contributed by atoms with Crippen LogP contribution in [-0.2, 0) is 5.41 Å². The van der Waals surface area contributed by atoms with Crippen molar-refractivity contribution in [1.29, 1.82) is 0 Å². The standard InChI is InChI=1S/C26H28N2O/c1-6-13-27-19(2)20-10-9-11-23(16-20)29-24-17-21(25-12-7-8-14-28-25)15-22(18-24)26(3,4)5/h6-8,11-18H,1-2,9-10H2,3-5H3. The van der Waals surface area contributed by atoms with E-state index in [1.807, 2.05) is 36.5 Å². The monoisotopic (exact) mass is 384 g/mol. The largest absolute Gasteiger partial charge is 0.458 e. The summed E-state index contributed by atoms with van der Waals surface area (Å²) in [4.78, 5) is 8.82.